The Labute approximate surface area is 165 Å². The van der Waals surface area contributed by atoms with E-state index < -0.39 is 0 Å². The summed E-state index contributed by atoms with van der Waals surface area (Å²) in [6, 6.07) is 6.37. The number of hydrogen-bond donors (Lipinski definition) is 1. The van der Waals surface area contributed by atoms with Gasteiger partial charge in [0.25, 0.3) is 0 Å². The smallest absolute Gasteiger partial charge is 0.119 e. The summed E-state index contributed by atoms with van der Waals surface area (Å²) in [5, 5.41) is 10.5. The van der Waals surface area contributed by atoms with Gasteiger partial charge in [-0.2, -0.15) is 0 Å². The van der Waals surface area contributed by atoms with Crippen molar-refractivity contribution in [3.63, 3.8) is 0 Å². The van der Waals surface area contributed by atoms with Gasteiger partial charge in [-0.1, -0.05) is 76.3 Å². The van der Waals surface area contributed by atoms with E-state index >= 15 is 0 Å². The molecule has 2 nitrogen and oxygen atoms in total. The summed E-state index contributed by atoms with van der Waals surface area (Å²) in [7, 11) is 0. The zero-order valence-electron chi connectivity index (χ0n) is 17.0. The van der Waals surface area contributed by atoms with Gasteiger partial charge in [-0.15, -0.1) is 0 Å². The minimum atomic E-state index is 0.421. The van der Waals surface area contributed by atoms with E-state index in [2.05, 4.69) is 12.1 Å². The van der Waals surface area contributed by atoms with Crippen LogP contribution >= 0.6 is 0 Å². The van der Waals surface area contributed by atoms with Gasteiger partial charge in [-0.25, -0.2) is 0 Å². The van der Waals surface area contributed by atoms with Crippen LogP contribution in [-0.4, -0.2) is 17.3 Å². The predicted octanol–water partition coefficient (Wildman–Crippen LogP) is 6.89. The van der Waals surface area contributed by atoms with Crippen molar-refractivity contribution < 1.29 is 9.84 Å². The molecule has 3 aliphatic rings. The second kappa shape index (κ2) is 9.45. The Hall–Kier alpha value is -1.02. The van der Waals surface area contributed by atoms with E-state index in [1.54, 1.807) is 0 Å². The largest absolute Gasteiger partial charge is 0.508 e. The highest BCUT2D eigenvalue weighted by atomic mass is 16.6. The van der Waals surface area contributed by atoms with Crippen LogP contribution in [0.2, 0.25) is 0 Å². The first-order valence-electron chi connectivity index (χ1n) is 11.8. The molecule has 3 fully saturated rings. The molecule has 2 heteroatoms. The van der Waals surface area contributed by atoms with Crippen molar-refractivity contribution in [3.05, 3.63) is 29.3 Å². The van der Waals surface area contributed by atoms with E-state index in [-0.39, 0.29) is 0 Å². The number of hydrogen-bond acceptors (Lipinski definition) is 2. The van der Waals surface area contributed by atoms with Crippen molar-refractivity contribution >= 4 is 0 Å². The van der Waals surface area contributed by atoms with Crippen molar-refractivity contribution in [3.8, 4) is 5.75 Å². The summed E-state index contributed by atoms with van der Waals surface area (Å²) in [5.74, 6) is 1.85. The molecule has 2 unspecified atom stereocenters. The number of aromatic hydroxyl groups is 1. The molecule has 0 aromatic heterocycles. The lowest BCUT2D eigenvalue weighted by Gasteiger charge is -2.21. The molecule has 1 N–H and O–H groups in total. The second-order valence-electron chi connectivity index (χ2n) is 9.38. The standard InChI is InChI=1S/C25H38O2/c26-23-16-15-19(17-22(23)20-11-7-3-1-4-8-12-20)18-24-25(27-24)21-13-9-5-2-6-10-14-21/h15-17,20-21,24-26H,1-14,18H2. The van der Waals surface area contributed by atoms with Gasteiger partial charge >= 0.3 is 0 Å². The first-order valence-corrected chi connectivity index (χ1v) is 11.8. The number of benzene rings is 1. The maximum Gasteiger partial charge on any atom is 0.119 e. The number of epoxide rings is 1. The van der Waals surface area contributed by atoms with Crippen molar-refractivity contribution in [2.75, 3.05) is 0 Å². The third kappa shape index (κ3) is 5.28. The van der Waals surface area contributed by atoms with E-state index in [1.165, 1.54) is 101 Å². The molecule has 2 aliphatic carbocycles. The van der Waals surface area contributed by atoms with E-state index in [0.717, 1.165) is 12.3 Å². The van der Waals surface area contributed by atoms with Gasteiger partial charge < -0.3 is 9.84 Å². The molecule has 1 heterocycles. The van der Waals surface area contributed by atoms with Gasteiger partial charge in [0.05, 0.1) is 12.2 Å². The Bertz CT molecular complexity index is 580. The predicted molar refractivity (Wildman–Crippen MR) is 111 cm³/mol. The summed E-state index contributed by atoms with van der Waals surface area (Å²) >= 11 is 0. The summed E-state index contributed by atoms with van der Waals surface area (Å²) in [5.41, 5.74) is 2.57. The zero-order chi connectivity index (χ0) is 18.5. The van der Waals surface area contributed by atoms with Crippen LogP contribution in [0.1, 0.15) is 107 Å². The SMILES string of the molecule is Oc1ccc(CC2OC2C2CCCCCCC2)cc1C1CCCCCCC1. The maximum absolute atomic E-state index is 10.5. The molecule has 150 valence electrons. The van der Waals surface area contributed by atoms with E-state index in [0.29, 0.717) is 23.9 Å². The molecule has 1 aromatic rings. The summed E-state index contributed by atoms with van der Waals surface area (Å²) in [4.78, 5) is 0. The average Bonchev–Trinajstić information content (AvgIpc) is 3.35. The maximum atomic E-state index is 10.5. The highest BCUT2D eigenvalue weighted by molar-refractivity contribution is 5.39. The Morgan fingerprint density at radius 1 is 0.778 bits per heavy atom. The Morgan fingerprint density at radius 2 is 1.37 bits per heavy atom. The monoisotopic (exact) mass is 370 g/mol. The second-order valence-corrected chi connectivity index (χ2v) is 9.38. The fourth-order valence-corrected chi connectivity index (χ4v) is 5.61. The molecule has 0 spiro atoms. The summed E-state index contributed by atoms with van der Waals surface area (Å²) in [6.45, 7) is 0. The van der Waals surface area contributed by atoms with Gasteiger partial charge in [0, 0.05) is 6.42 Å². The molecule has 0 amide bonds. The highest BCUT2D eigenvalue weighted by Crippen LogP contribution is 2.40. The van der Waals surface area contributed by atoms with Crippen molar-refractivity contribution in [1.29, 1.82) is 0 Å². The quantitative estimate of drug-likeness (QED) is 0.585. The number of rotatable bonds is 4. The highest BCUT2D eigenvalue weighted by Gasteiger charge is 2.44. The first-order chi connectivity index (χ1) is 13.3. The fraction of sp³-hybridized carbons (Fsp3) is 0.760. The van der Waals surface area contributed by atoms with Crippen LogP contribution in [-0.2, 0) is 11.2 Å². The van der Waals surface area contributed by atoms with Crippen molar-refractivity contribution in [2.45, 2.75) is 114 Å². The molecule has 0 bridgehead atoms. The van der Waals surface area contributed by atoms with Crippen LogP contribution in [0.3, 0.4) is 0 Å². The normalized spacial score (nSPS) is 28.7. The van der Waals surface area contributed by atoms with Crippen LogP contribution in [0.15, 0.2) is 18.2 Å². The van der Waals surface area contributed by atoms with Crippen LogP contribution in [0, 0.1) is 5.92 Å². The average molecular weight is 371 g/mol. The minimum absolute atomic E-state index is 0.421. The number of phenolic OH excluding ortho intramolecular Hbond substituents is 1. The van der Waals surface area contributed by atoms with Crippen molar-refractivity contribution in [2.24, 2.45) is 5.92 Å². The number of phenols is 1. The molecular formula is C25H38O2. The Kier molecular flexibility index (Phi) is 6.76. The molecule has 0 radical (unpaired) electrons. The van der Waals surface area contributed by atoms with Crippen LogP contribution in [0.5, 0.6) is 5.75 Å². The minimum Gasteiger partial charge on any atom is -0.508 e. The molecule has 27 heavy (non-hydrogen) atoms. The third-order valence-electron chi connectivity index (χ3n) is 7.31. The van der Waals surface area contributed by atoms with Gasteiger partial charge in [0.1, 0.15) is 5.75 Å². The molecule has 1 aliphatic heterocycles. The molecule has 1 saturated heterocycles. The van der Waals surface area contributed by atoms with Crippen LogP contribution in [0.25, 0.3) is 0 Å². The Morgan fingerprint density at radius 3 is 2.04 bits per heavy atom. The van der Waals surface area contributed by atoms with Gasteiger partial charge in [0.15, 0.2) is 0 Å². The lowest BCUT2D eigenvalue weighted by Crippen LogP contribution is -2.14. The number of ether oxygens (including phenoxy) is 1. The Balaban J connectivity index is 1.37. The van der Waals surface area contributed by atoms with E-state index in [9.17, 15) is 5.11 Å². The van der Waals surface area contributed by atoms with Gasteiger partial charge in [-0.3, -0.25) is 0 Å². The van der Waals surface area contributed by atoms with Crippen molar-refractivity contribution in [1.82, 2.24) is 0 Å². The molecule has 2 saturated carbocycles. The van der Waals surface area contributed by atoms with E-state index in [4.69, 9.17) is 4.74 Å². The summed E-state index contributed by atoms with van der Waals surface area (Å²) in [6.07, 6.45) is 20.9. The zero-order valence-corrected chi connectivity index (χ0v) is 17.0. The lowest BCUT2D eigenvalue weighted by atomic mass is 9.84. The molecule has 2 atom stereocenters. The topological polar surface area (TPSA) is 32.8 Å². The molecular weight excluding hydrogens is 332 g/mol. The van der Waals surface area contributed by atoms with Gasteiger partial charge in [-0.05, 0) is 54.7 Å². The third-order valence-corrected chi connectivity index (χ3v) is 7.31. The summed E-state index contributed by atoms with van der Waals surface area (Å²) < 4.78 is 6.15. The van der Waals surface area contributed by atoms with Crippen LogP contribution in [0.4, 0.5) is 0 Å². The molecule has 1 aromatic carbocycles. The van der Waals surface area contributed by atoms with E-state index in [1.807, 2.05) is 6.07 Å². The van der Waals surface area contributed by atoms with Gasteiger partial charge in [0.2, 0.25) is 0 Å². The molecule has 4 rings (SSSR count). The van der Waals surface area contributed by atoms with Crippen LogP contribution < -0.4 is 0 Å². The fourth-order valence-electron chi connectivity index (χ4n) is 5.61. The first kappa shape index (κ1) is 19.3. The lowest BCUT2D eigenvalue weighted by molar-refractivity contribution is 0.274.